The van der Waals surface area contributed by atoms with Crippen LogP contribution < -0.4 is 15.5 Å². The Hall–Kier alpha value is -4.24. The normalized spacial score (nSPS) is 14.8. The van der Waals surface area contributed by atoms with Crippen LogP contribution in [0.1, 0.15) is 11.7 Å². The van der Waals surface area contributed by atoms with Crippen LogP contribution in [0.2, 0.25) is 0 Å². The molecule has 1 heterocycles. The number of hydrogen-bond acceptors (Lipinski definition) is 3. The third-order valence-corrected chi connectivity index (χ3v) is 6.01. The molecule has 1 unspecified atom stereocenters. The van der Waals surface area contributed by atoms with Crippen LogP contribution in [0.4, 0.5) is 28.4 Å². The molecular weight excluding hydrogens is 390 g/mol. The maximum atomic E-state index is 3.69. The molecule has 1 aliphatic heterocycles. The highest BCUT2D eigenvalue weighted by molar-refractivity contribution is 5.86. The number of fused-ring (bicyclic) bond motifs is 2. The van der Waals surface area contributed by atoms with E-state index in [9.17, 15) is 0 Å². The summed E-state index contributed by atoms with van der Waals surface area (Å²) in [5.41, 5.74) is 6.91. The fourth-order valence-electron chi connectivity index (χ4n) is 4.45. The van der Waals surface area contributed by atoms with Gasteiger partial charge in [0.1, 0.15) is 6.17 Å². The van der Waals surface area contributed by atoms with Gasteiger partial charge in [-0.2, -0.15) is 0 Å². The lowest BCUT2D eigenvalue weighted by Crippen LogP contribution is -2.23. The molecule has 3 nitrogen and oxygen atoms in total. The predicted octanol–water partition coefficient (Wildman–Crippen LogP) is 7.85. The summed E-state index contributed by atoms with van der Waals surface area (Å²) < 4.78 is 0. The average molecular weight is 414 g/mol. The number of anilines is 5. The zero-order valence-electron chi connectivity index (χ0n) is 17.6. The molecule has 2 N–H and O–H groups in total. The van der Waals surface area contributed by atoms with Crippen molar-refractivity contribution in [3.63, 3.8) is 0 Å². The Labute approximate surface area is 188 Å². The predicted molar refractivity (Wildman–Crippen MR) is 135 cm³/mol. The lowest BCUT2D eigenvalue weighted by atomic mass is 10.1. The highest BCUT2D eigenvalue weighted by atomic mass is 15.3. The van der Waals surface area contributed by atoms with Crippen molar-refractivity contribution in [3.05, 3.63) is 127 Å². The first-order valence-electron chi connectivity index (χ1n) is 10.9. The summed E-state index contributed by atoms with van der Waals surface area (Å²) in [5, 5.41) is 9.72. The number of benzene rings is 5. The largest absolute Gasteiger partial charge is 0.359 e. The first-order valence-corrected chi connectivity index (χ1v) is 10.9. The highest BCUT2D eigenvalue weighted by Gasteiger charge is 2.30. The van der Waals surface area contributed by atoms with Crippen molar-refractivity contribution in [1.82, 2.24) is 0 Å². The van der Waals surface area contributed by atoms with Crippen LogP contribution in [-0.4, -0.2) is 0 Å². The van der Waals surface area contributed by atoms with E-state index in [2.05, 4.69) is 137 Å². The van der Waals surface area contributed by atoms with Gasteiger partial charge in [-0.15, -0.1) is 0 Å². The summed E-state index contributed by atoms with van der Waals surface area (Å²) >= 11 is 0. The Morgan fingerprint density at radius 2 is 1.28 bits per heavy atom. The van der Waals surface area contributed by atoms with Gasteiger partial charge in [0.25, 0.3) is 0 Å². The van der Waals surface area contributed by atoms with E-state index < -0.39 is 0 Å². The second-order valence-electron chi connectivity index (χ2n) is 8.08. The molecule has 154 valence electrons. The number of nitrogens with one attached hydrogen (secondary N) is 2. The second kappa shape index (κ2) is 7.78. The number of hydrogen-bond donors (Lipinski definition) is 2. The summed E-state index contributed by atoms with van der Waals surface area (Å²) in [6.07, 6.45) is 0.0459. The third-order valence-electron chi connectivity index (χ3n) is 6.01. The van der Waals surface area contributed by atoms with E-state index in [1.807, 2.05) is 0 Å². The summed E-state index contributed by atoms with van der Waals surface area (Å²) in [5.74, 6) is 0. The van der Waals surface area contributed by atoms with Gasteiger partial charge >= 0.3 is 0 Å². The Morgan fingerprint density at radius 1 is 0.594 bits per heavy atom. The summed E-state index contributed by atoms with van der Waals surface area (Å²) in [6, 6.07) is 42.6. The van der Waals surface area contributed by atoms with Gasteiger partial charge in [-0.25, -0.2) is 0 Å². The molecule has 3 heteroatoms. The van der Waals surface area contributed by atoms with E-state index in [0.29, 0.717) is 0 Å². The zero-order chi connectivity index (χ0) is 21.3. The fourth-order valence-corrected chi connectivity index (χ4v) is 4.45. The van der Waals surface area contributed by atoms with Crippen molar-refractivity contribution < 1.29 is 0 Å². The minimum absolute atomic E-state index is 0.0459. The van der Waals surface area contributed by atoms with Gasteiger partial charge in [-0.05, 0) is 64.9 Å². The quantitative estimate of drug-likeness (QED) is 0.314. The van der Waals surface area contributed by atoms with Crippen LogP contribution in [0.5, 0.6) is 0 Å². The van der Waals surface area contributed by atoms with E-state index >= 15 is 0 Å². The van der Waals surface area contributed by atoms with E-state index in [0.717, 1.165) is 17.1 Å². The van der Waals surface area contributed by atoms with Crippen LogP contribution in [-0.2, 0) is 0 Å². The molecule has 5 aromatic carbocycles. The summed E-state index contributed by atoms with van der Waals surface area (Å²) in [4.78, 5) is 2.36. The Kier molecular flexibility index (Phi) is 4.51. The van der Waals surface area contributed by atoms with Gasteiger partial charge in [-0.3, -0.25) is 0 Å². The smallest absolute Gasteiger partial charge is 0.130 e. The van der Waals surface area contributed by atoms with Gasteiger partial charge in [0.15, 0.2) is 0 Å². The van der Waals surface area contributed by atoms with Gasteiger partial charge in [0.05, 0.1) is 11.4 Å². The number of para-hydroxylation sites is 3. The minimum Gasteiger partial charge on any atom is -0.359 e. The molecule has 0 spiro atoms. The number of rotatable bonds is 4. The Bertz CT molecular complexity index is 1380. The van der Waals surface area contributed by atoms with Crippen LogP contribution in [0.3, 0.4) is 0 Å². The molecule has 6 rings (SSSR count). The van der Waals surface area contributed by atoms with Crippen molar-refractivity contribution in [2.75, 3.05) is 15.5 Å². The molecule has 0 radical (unpaired) electrons. The van der Waals surface area contributed by atoms with Crippen molar-refractivity contribution >= 4 is 39.2 Å². The molecular formula is C29H23N3. The standard InChI is InChI=1S/C29H23N3/c1-2-10-26(11-3-1)32-28-13-7-6-12-27(28)31-29(32)22-15-17-24(18-16-22)30-25-19-14-21-8-4-5-9-23(21)20-25/h1-20,29-31H. The molecule has 1 atom stereocenters. The topological polar surface area (TPSA) is 27.3 Å². The molecule has 1 aliphatic rings. The first kappa shape index (κ1) is 18.5. The van der Waals surface area contributed by atoms with Crippen LogP contribution in [0.25, 0.3) is 10.8 Å². The lowest BCUT2D eigenvalue weighted by molar-refractivity contribution is 0.828. The maximum Gasteiger partial charge on any atom is 0.130 e. The first-order chi connectivity index (χ1) is 15.8. The monoisotopic (exact) mass is 413 g/mol. The highest BCUT2D eigenvalue weighted by Crippen LogP contribution is 2.45. The molecule has 0 saturated carbocycles. The van der Waals surface area contributed by atoms with Gasteiger partial charge < -0.3 is 15.5 Å². The average Bonchev–Trinajstić information content (AvgIpc) is 3.25. The molecule has 0 aliphatic carbocycles. The van der Waals surface area contributed by atoms with E-state index in [4.69, 9.17) is 0 Å². The minimum atomic E-state index is 0.0459. The van der Waals surface area contributed by atoms with Crippen LogP contribution >= 0.6 is 0 Å². The Morgan fingerprint density at radius 3 is 2.12 bits per heavy atom. The van der Waals surface area contributed by atoms with Crippen molar-refractivity contribution in [1.29, 1.82) is 0 Å². The molecule has 0 amide bonds. The van der Waals surface area contributed by atoms with E-state index in [1.165, 1.54) is 27.7 Å². The lowest BCUT2D eigenvalue weighted by Gasteiger charge is -2.27. The summed E-state index contributed by atoms with van der Waals surface area (Å²) in [6.45, 7) is 0. The molecule has 0 aromatic heterocycles. The molecule has 0 saturated heterocycles. The Balaban J connectivity index is 1.29. The van der Waals surface area contributed by atoms with Gasteiger partial charge in [0, 0.05) is 17.1 Å². The zero-order valence-corrected chi connectivity index (χ0v) is 17.6. The van der Waals surface area contributed by atoms with Crippen molar-refractivity contribution in [2.45, 2.75) is 6.17 Å². The number of nitrogens with zero attached hydrogens (tertiary/aromatic N) is 1. The van der Waals surface area contributed by atoms with Gasteiger partial charge in [-0.1, -0.05) is 72.8 Å². The van der Waals surface area contributed by atoms with E-state index in [-0.39, 0.29) is 6.17 Å². The summed E-state index contributed by atoms with van der Waals surface area (Å²) in [7, 11) is 0. The fraction of sp³-hybridized carbons (Fsp3) is 0.0345. The maximum absolute atomic E-state index is 3.69. The van der Waals surface area contributed by atoms with Crippen LogP contribution in [0, 0.1) is 0 Å². The molecule has 5 aromatic rings. The van der Waals surface area contributed by atoms with Gasteiger partial charge in [0.2, 0.25) is 0 Å². The van der Waals surface area contributed by atoms with E-state index in [1.54, 1.807) is 0 Å². The molecule has 0 fully saturated rings. The second-order valence-corrected chi connectivity index (χ2v) is 8.08. The van der Waals surface area contributed by atoms with Crippen molar-refractivity contribution in [2.24, 2.45) is 0 Å². The molecule has 0 bridgehead atoms. The third kappa shape index (κ3) is 3.34. The SMILES string of the molecule is c1ccc(N2c3ccccc3NC2c2ccc(Nc3ccc4ccccc4c3)cc2)cc1. The van der Waals surface area contributed by atoms with Crippen molar-refractivity contribution in [3.8, 4) is 0 Å². The van der Waals surface area contributed by atoms with Crippen LogP contribution in [0.15, 0.2) is 121 Å². The molecule has 32 heavy (non-hydrogen) atoms.